The molecule has 0 bridgehead atoms. The van der Waals surface area contributed by atoms with Crippen LogP contribution in [0.5, 0.6) is 0 Å². The molecule has 0 aromatic heterocycles. The molecule has 1 aliphatic carbocycles. The lowest BCUT2D eigenvalue weighted by Crippen LogP contribution is -2.55. The van der Waals surface area contributed by atoms with Crippen LogP contribution in [0.4, 0.5) is 0 Å². The molecular weight excluding hydrogens is 284 g/mol. The molecule has 4 heteroatoms. The summed E-state index contributed by atoms with van der Waals surface area (Å²) >= 11 is 0. The number of hydrogen-bond donors (Lipinski definition) is 2. The van der Waals surface area contributed by atoms with Crippen LogP contribution >= 0.6 is 12.4 Å². The normalized spacial score (nSPS) is 18.4. The second kappa shape index (κ2) is 7.81. The molecule has 0 saturated heterocycles. The van der Waals surface area contributed by atoms with E-state index in [-0.39, 0.29) is 24.4 Å². The summed E-state index contributed by atoms with van der Waals surface area (Å²) in [6.07, 6.45) is 5.96. The Hall–Kier alpha value is -1.06. The van der Waals surface area contributed by atoms with Gasteiger partial charge < -0.3 is 11.1 Å². The van der Waals surface area contributed by atoms with Crippen LogP contribution in [0, 0.1) is 0 Å². The molecule has 1 aromatic rings. The van der Waals surface area contributed by atoms with Gasteiger partial charge in [0.05, 0.1) is 11.6 Å². The van der Waals surface area contributed by atoms with Gasteiger partial charge in [-0.25, -0.2) is 0 Å². The van der Waals surface area contributed by atoms with Crippen LogP contribution in [0.25, 0.3) is 0 Å². The largest absolute Gasteiger partial charge is 0.348 e. The summed E-state index contributed by atoms with van der Waals surface area (Å²) in [7, 11) is 0. The van der Waals surface area contributed by atoms with Gasteiger partial charge in [-0.1, -0.05) is 50.5 Å². The van der Waals surface area contributed by atoms with E-state index in [0.717, 1.165) is 37.7 Å². The predicted molar refractivity (Wildman–Crippen MR) is 89.6 cm³/mol. The minimum atomic E-state index is -0.657. The number of nitrogens with one attached hydrogen (secondary N) is 1. The number of rotatable bonds is 4. The summed E-state index contributed by atoms with van der Waals surface area (Å²) < 4.78 is 0. The Morgan fingerprint density at radius 2 is 1.81 bits per heavy atom. The number of halogens is 1. The van der Waals surface area contributed by atoms with Crippen molar-refractivity contribution in [3.05, 3.63) is 35.4 Å². The van der Waals surface area contributed by atoms with E-state index in [9.17, 15) is 4.79 Å². The maximum atomic E-state index is 12.4. The monoisotopic (exact) mass is 310 g/mol. The number of nitrogens with two attached hydrogens (primary N) is 1. The van der Waals surface area contributed by atoms with Crippen molar-refractivity contribution in [1.29, 1.82) is 0 Å². The second-order valence-corrected chi connectivity index (χ2v) is 6.01. The van der Waals surface area contributed by atoms with Crippen LogP contribution in [0.1, 0.15) is 63.1 Å². The van der Waals surface area contributed by atoms with Gasteiger partial charge in [0.15, 0.2) is 0 Å². The van der Waals surface area contributed by atoms with Gasteiger partial charge in [-0.05, 0) is 37.3 Å². The lowest BCUT2D eigenvalue weighted by Gasteiger charge is -2.33. The minimum absolute atomic E-state index is 0. The van der Waals surface area contributed by atoms with Crippen molar-refractivity contribution < 1.29 is 4.79 Å². The molecular formula is C17H27ClN2O. The molecule has 1 fully saturated rings. The van der Waals surface area contributed by atoms with E-state index < -0.39 is 5.54 Å². The number of amides is 1. The molecule has 1 atom stereocenters. The van der Waals surface area contributed by atoms with E-state index in [2.05, 4.69) is 36.5 Å². The van der Waals surface area contributed by atoms with Crippen molar-refractivity contribution in [2.45, 2.75) is 64.0 Å². The van der Waals surface area contributed by atoms with Gasteiger partial charge in [0.1, 0.15) is 0 Å². The lowest BCUT2D eigenvalue weighted by molar-refractivity contribution is -0.128. The van der Waals surface area contributed by atoms with Gasteiger partial charge in [-0.15, -0.1) is 12.4 Å². The first-order valence-electron chi connectivity index (χ1n) is 7.74. The molecule has 2 rings (SSSR count). The molecule has 1 aromatic carbocycles. The van der Waals surface area contributed by atoms with Crippen molar-refractivity contribution in [3.63, 3.8) is 0 Å². The Balaban J connectivity index is 0.00000220. The van der Waals surface area contributed by atoms with Crippen LogP contribution in [0.3, 0.4) is 0 Å². The van der Waals surface area contributed by atoms with Gasteiger partial charge in [0, 0.05) is 0 Å². The third kappa shape index (κ3) is 4.45. The summed E-state index contributed by atoms with van der Waals surface area (Å²) in [5.41, 5.74) is 8.05. The maximum Gasteiger partial charge on any atom is 0.240 e. The summed E-state index contributed by atoms with van der Waals surface area (Å²) in [5.74, 6) is 0.00395. The molecule has 0 radical (unpaired) electrons. The fourth-order valence-electron chi connectivity index (χ4n) is 2.88. The Morgan fingerprint density at radius 3 is 2.33 bits per heavy atom. The maximum absolute atomic E-state index is 12.4. The fourth-order valence-corrected chi connectivity index (χ4v) is 2.88. The van der Waals surface area contributed by atoms with Gasteiger partial charge in [0.25, 0.3) is 0 Å². The van der Waals surface area contributed by atoms with E-state index >= 15 is 0 Å². The molecule has 21 heavy (non-hydrogen) atoms. The standard InChI is InChI=1S/C17H26N2O.ClH/c1-3-14-7-9-15(10-8-14)13(2)19-16(20)17(18)11-5-4-6-12-17;/h7-10,13H,3-6,11-12,18H2,1-2H3,(H,19,20);1H. The van der Waals surface area contributed by atoms with Gasteiger partial charge in [0.2, 0.25) is 5.91 Å². The zero-order chi connectivity index (χ0) is 14.6. The summed E-state index contributed by atoms with van der Waals surface area (Å²) in [6.45, 7) is 4.16. The Labute approximate surface area is 134 Å². The third-order valence-corrected chi connectivity index (χ3v) is 4.43. The summed E-state index contributed by atoms with van der Waals surface area (Å²) in [6, 6.07) is 8.44. The Bertz CT molecular complexity index is 452. The average molecular weight is 311 g/mol. The molecule has 3 N–H and O–H groups in total. The topological polar surface area (TPSA) is 55.1 Å². The SMILES string of the molecule is CCc1ccc(C(C)NC(=O)C2(N)CCCCC2)cc1.Cl. The molecule has 0 spiro atoms. The highest BCUT2D eigenvalue weighted by Crippen LogP contribution is 2.27. The Kier molecular flexibility index (Phi) is 6.69. The quantitative estimate of drug-likeness (QED) is 0.894. The second-order valence-electron chi connectivity index (χ2n) is 6.01. The van der Waals surface area contributed by atoms with Crippen molar-refractivity contribution in [3.8, 4) is 0 Å². The smallest absolute Gasteiger partial charge is 0.240 e. The van der Waals surface area contributed by atoms with Crippen molar-refractivity contribution >= 4 is 18.3 Å². The highest BCUT2D eigenvalue weighted by atomic mass is 35.5. The van der Waals surface area contributed by atoms with E-state index in [0.29, 0.717) is 0 Å². The third-order valence-electron chi connectivity index (χ3n) is 4.43. The molecule has 118 valence electrons. The van der Waals surface area contributed by atoms with Crippen molar-refractivity contribution in [2.75, 3.05) is 0 Å². The first-order chi connectivity index (χ1) is 9.55. The molecule has 1 saturated carbocycles. The van der Waals surface area contributed by atoms with Crippen LogP contribution < -0.4 is 11.1 Å². The van der Waals surface area contributed by atoms with Crippen LogP contribution in [-0.4, -0.2) is 11.4 Å². The average Bonchev–Trinajstić information content (AvgIpc) is 2.48. The van der Waals surface area contributed by atoms with Crippen molar-refractivity contribution in [1.82, 2.24) is 5.32 Å². The summed E-state index contributed by atoms with van der Waals surface area (Å²) in [5, 5.41) is 3.08. The van der Waals surface area contributed by atoms with Crippen LogP contribution in [0.2, 0.25) is 0 Å². The highest BCUT2D eigenvalue weighted by molar-refractivity contribution is 5.86. The number of hydrogen-bond acceptors (Lipinski definition) is 2. The zero-order valence-electron chi connectivity index (χ0n) is 13.0. The number of carbonyl (C=O) groups is 1. The molecule has 1 amide bonds. The Morgan fingerprint density at radius 1 is 1.24 bits per heavy atom. The molecule has 1 unspecified atom stereocenters. The highest BCUT2D eigenvalue weighted by Gasteiger charge is 2.35. The molecule has 3 nitrogen and oxygen atoms in total. The molecule has 0 heterocycles. The first kappa shape index (κ1) is 18.0. The number of benzene rings is 1. The van der Waals surface area contributed by atoms with E-state index in [1.807, 2.05) is 6.92 Å². The molecule has 0 aliphatic heterocycles. The van der Waals surface area contributed by atoms with Gasteiger partial charge in [-0.2, -0.15) is 0 Å². The minimum Gasteiger partial charge on any atom is -0.348 e. The summed E-state index contributed by atoms with van der Waals surface area (Å²) in [4.78, 5) is 12.4. The van der Waals surface area contributed by atoms with E-state index in [1.54, 1.807) is 0 Å². The van der Waals surface area contributed by atoms with Crippen LogP contribution in [0.15, 0.2) is 24.3 Å². The first-order valence-corrected chi connectivity index (χ1v) is 7.74. The predicted octanol–water partition coefficient (Wildman–Crippen LogP) is 3.51. The number of carbonyl (C=O) groups excluding carboxylic acids is 1. The van der Waals surface area contributed by atoms with E-state index in [4.69, 9.17) is 5.73 Å². The molecule has 1 aliphatic rings. The fraction of sp³-hybridized carbons (Fsp3) is 0.588. The van der Waals surface area contributed by atoms with Gasteiger partial charge in [-0.3, -0.25) is 4.79 Å². The number of aryl methyl sites for hydroxylation is 1. The van der Waals surface area contributed by atoms with E-state index in [1.165, 1.54) is 12.0 Å². The lowest BCUT2D eigenvalue weighted by atomic mass is 9.81. The van der Waals surface area contributed by atoms with Crippen molar-refractivity contribution in [2.24, 2.45) is 5.73 Å². The zero-order valence-corrected chi connectivity index (χ0v) is 13.8. The van der Waals surface area contributed by atoms with Gasteiger partial charge >= 0.3 is 0 Å². The van der Waals surface area contributed by atoms with Crippen LogP contribution in [-0.2, 0) is 11.2 Å².